The van der Waals surface area contributed by atoms with Gasteiger partial charge in [-0.1, -0.05) is 6.07 Å². The topological polar surface area (TPSA) is 66.7 Å². The lowest BCUT2D eigenvalue weighted by atomic mass is 9.86. The number of furan rings is 1. The lowest BCUT2D eigenvalue weighted by Gasteiger charge is -2.45. The van der Waals surface area contributed by atoms with Gasteiger partial charge in [0, 0.05) is 38.4 Å². The summed E-state index contributed by atoms with van der Waals surface area (Å²) in [5, 5.41) is 0. The number of hydrogen-bond acceptors (Lipinski definition) is 4. The Bertz CT molecular complexity index is 759. The molecule has 0 N–H and O–H groups in total. The quantitative estimate of drug-likeness (QED) is 0.861. The van der Waals surface area contributed by atoms with E-state index in [4.69, 9.17) is 4.42 Å². The zero-order valence-electron chi connectivity index (χ0n) is 14.1. The van der Waals surface area contributed by atoms with E-state index in [1.807, 2.05) is 21.9 Å². The number of hydrogen-bond donors (Lipinski definition) is 0. The number of pyridine rings is 1. The molecule has 0 aromatic carbocycles. The Balaban J connectivity index is 1.56. The van der Waals surface area contributed by atoms with E-state index in [0.717, 1.165) is 24.8 Å². The number of amides is 2. The summed E-state index contributed by atoms with van der Waals surface area (Å²) in [7, 11) is 0. The number of carbonyl (C=O) groups is 2. The van der Waals surface area contributed by atoms with Gasteiger partial charge in [-0.25, -0.2) is 0 Å². The third-order valence-corrected chi connectivity index (χ3v) is 5.32. The average Bonchev–Trinajstić information content (AvgIpc) is 3.27. The van der Waals surface area contributed by atoms with E-state index in [0.29, 0.717) is 31.8 Å². The number of likely N-dealkylation sites (tertiary alicyclic amines) is 2. The maximum Gasteiger partial charge on any atom is 0.289 e. The molecule has 0 saturated carbocycles. The molecule has 0 radical (unpaired) electrons. The molecule has 0 aliphatic carbocycles. The summed E-state index contributed by atoms with van der Waals surface area (Å²) in [5.74, 6) is 0.432. The van der Waals surface area contributed by atoms with E-state index in [-0.39, 0.29) is 17.4 Å². The smallest absolute Gasteiger partial charge is 0.289 e. The highest BCUT2D eigenvalue weighted by molar-refractivity contribution is 5.91. The van der Waals surface area contributed by atoms with E-state index in [1.165, 1.54) is 6.26 Å². The molecule has 4 rings (SSSR count). The van der Waals surface area contributed by atoms with Crippen molar-refractivity contribution < 1.29 is 14.0 Å². The molecule has 2 aromatic heterocycles. The maximum absolute atomic E-state index is 12.7. The summed E-state index contributed by atoms with van der Waals surface area (Å²) in [4.78, 5) is 33.1. The third kappa shape index (κ3) is 2.92. The van der Waals surface area contributed by atoms with Crippen LogP contribution in [0.25, 0.3) is 0 Å². The van der Waals surface area contributed by atoms with E-state index >= 15 is 0 Å². The van der Waals surface area contributed by atoms with Crippen LogP contribution in [0, 0.1) is 0 Å². The summed E-state index contributed by atoms with van der Waals surface area (Å²) < 4.78 is 5.26. The van der Waals surface area contributed by atoms with E-state index < -0.39 is 0 Å². The number of aromatic nitrogens is 1. The van der Waals surface area contributed by atoms with Crippen LogP contribution in [0.5, 0.6) is 0 Å². The summed E-state index contributed by atoms with van der Waals surface area (Å²) in [6, 6.07) is 7.29. The van der Waals surface area contributed by atoms with Gasteiger partial charge in [-0.2, -0.15) is 0 Å². The average molecular weight is 339 g/mol. The van der Waals surface area contributed by atoms with Crippen LogP contribution in [0.15, 0.2) is 47.3 Å². The van der Waals surface area contributed by atoms with Crippen molar-refractivity contribution in [1.82, 2.24) is 14.8 Å². The van der Waals surface area contributed by atoms with Crippen LogP contribution in [-0.4, -0.2) is 45.2 Å². The highest BCUT2D eigenvalue weighted by Gasteiger charge is 2.48. The minimum absolute atomic E-state index is 0.0928. The van der Waals surface area contributed by atoms with Gasteiger partial charge in [0.05, 0.1) is 11.8 Å². The molecule has 2 fully saturated rings. The Hall–Kier alpha value is -2.63. The SMILES string of the molecule is O=C(c1ccco1)N1CCCC2(CCC(=O)N2Cc2cccnc2)C1. The molecule has 2 aliphatic rings. The van der Waals surface area contributed by atoms with Crippen molar-refractivity contribution >= 4 is 11.8 Å². The molecule has 2 aliphatic heterocycles. The van der Waals surface area contributed by atoms with Gasteiger partial charge in [0.2, 0.25) is 5.91 Å². The molecule has 1 atom stereocenters. The molecule has 130 valence electrons. The fraction of sp³-hybridized carbons (Fsp3) is 0.421. The van der Waals surface area contributed by atoms with Crippen LogP contribution in [0.4, 0.5) is 0 Å². The Morgan fingerprint density at radius 1 is 1.28 bits per heavy atom. The minimum atomic E-state index is -0.270. The number of piperidine rings is 1. The van der Waals surface area contributed by atoms with Crippen molar-refractivity contribution in [2.24, 2.45) is 0 Å². The Morgan fingerprint density at radius 3 is 2.96 bits per heavy atom. The zero-order valence-corrected chi connectivity index (χ0v) is 14.1. The summed E-state index contributed by atoms with van der Waals surface area (Å²) in [6.07, 6.45) is 8.21. The molecule has 4 heterocycles. The second-order valence-corrected chi connectivity index (χ2v) is 6.87. The van der Waals surface area contributed by atoms with Gasteiger partial charge >= 0.3 is 0 Å². The maximum atomic E-state index is 12.7. The standard InChI is InChI=1S/C19H21N3O3/c23-17-6-8-19(22(17)13-15-4-1-9-20-12-15)7-3-10-21(14-19)18(24)16-5-2-11-25-16/h1-2,4-5,9,11-12H,3,6-8,10,13-14H2. The highest BCUT2D eigenvalue weighted by Crippen LogP contribution is 2.39. The molecular formula is C19H21N3O3. The normalized spacial score (nSPS) is 23.4. The van der Waals surface area contributed by atoms with Crippen LogP contribution in [0.3, 0.4) is 0 Å². The first kappa shape index (κ1) is 15.9. The molecule has 2 aromatic rings. The van der Waals surface area contributed by atoms with Crippen molar-refractivity contribution in [1.29, 1.82) is 0 Å². The van der Waals surface area contributed by atoms with Gasteiger partial charge in [-0.3, -0.25) is 14.6 Å². The van der Waals surface area contributed by atoms with E-state index in [9.17, 15) is 9.59 Å². The number of carbonyl (C=O) groups excluding carboxylic acids is 2. The summed E-state index contributed by atoms with van der Waals surface area (Å²) in [5.41, 5.74) is 0.750. The fourth-order valence-corrected chi connectivity index (χ4v) is 4.07. The van der Waals surface area contributed by atoms with Gasteiger partial charge < -0.3 is 14.2 Å². The van der Waals surface area contributed by atoms with Crippen LogP contribution in [0.1, 0.15) is 41.8 Å². The molecule has 1 spiro atoms. The second kappa shape index (κ2) is 6.35. The van der Waals surface area contributed by atoms with Crippen LogP contribution in [0.2, 0.25) is 0 Å². The second-order valence-electron chi connectivity index (χ2n) is 6.87. The van der Waals surface area contributed by atoms with E-state index in [1.54, 1.807) is 24.5 Å². The molecule has 0 bridgehead atoms. The van der Waals surface area contributed by atoms with Crippen LogP contribution >= 0.6 is 0 Å². The van der Waals surface area contributed by atoms with Gasteiger partial charge in [0.1, 0.15) is 0 Å². The highest BCUT2D eigenvalue weighted by atomic mass is 16.3. The third-order valence-electron chi connectivity index (χ3n) is 5.32. The van der Waals surface area contributed by atoms with Crippen molar-refractivity contribution in [2.45, 2.75) is 37.8 Å². The summed E-state index contributed by atoms with van der Waals surface area (Å²) >= 11 is 0. The van der Waals surface area contributed by atoms with E-state index in [2.05, 4.69) is 4.98 Å². The van der Waals surface area contributed by atoms with Crippen molar-refractivity contribution in [3.05, 3.63) is 54.2 Å². The Labute approximate surface area is 146 Å². The Kier molecular flexibility index (Phi) is 4.03. The first-order valence-corrected chi connectivity index (χ1v) is 8.70. The molecule has 25 heavy (non-hydrogen) atoms. The zero-order chi connectivity index (χ0) is 17.3. The number of nitrogens with zero attached hydrogens (tertiary/aromatic N) is 3. The monoisotopic (exact) mass is 339 g/mol. The molecule has 6 heteroatoms. The number of rotatable bonds is 3. The molecule has 6 nitrogen and oxygen atoms in total. The summed E-state index contributed by atoms with van der Waals surface area (Å²) in [6.45, 7) is 1.82. The first-order chi connectivity index (χ1) is 12.2. The van der Waals surface area contributed by atoms with Crippen molar-refractivity contribution in [3.63, 3.8) is 0 Å². The van der Waals surface area contributed by atoms with Crippen molar-refractivity contribution in [2.75, 3.05) is 13.1 Å². The predicted octanol–water partition coefficient (Wildman–Crippen LogP) is 2.47. The van der Waals surface area contributed by atoms with Gasteiger partial charge in [-0.05, 0) is 43.0 Å². The fourth-order valence-electron chi connectivity index (χ4n) is 4.07. The minimum Gasteiger partial charge on any atom is -0.459 e. The first-order valence-electron chi connectivity index (χ1n) is 8.70. The van der Waals surface area contributed by atoms with Gasteiger partial charge in [0.25, 0.3) is 5.91 Å². The lowest BCUT2D eigenvalue weighted by molar-refractivity contribution is -0.133. The Morgan fingerprint density at radius 2 is 2.20 bits per heavy atom. The molecule has 1 unspecified atom stereocenters. The largest absolute Gasteiger partial charge is 0.459 e. The molecular weight excluding hydrogens is 318 g/mol. The predicted molar refractivity (Wildman–Crippen MR) is 90.6 cm³/mol. The van der Waals surface area contributed by atoms with Crippen LogP contribution in [-0.2, 0) is 11.3 Å². The van der Waals surface area contributed by atoms with Gasteiger partial charge in [-0.15, -0.1) is 0 Å². The molecule has 2 amide bonds. The van der Waals surface area contributed by atoms with Gasteiger partial charge in [0.15, 0.2) is 5.76 Å². The van der Waals surface area contributed by atoms with Crippen LogP contribution < -0.4 is 0 Å². The van der Waals surface area contributed by atoms with Crippen molar-refractivity contribution in [3.8, 4) is 0 Å². The molecule has 2 saturated heterocycles. The lowest BCUT2D eigenvalue weighted by Crippen LogP contribution is -2.57.